The van der Waals surface area contributed by atoms with Gasteiger partial charge in [0.1, 0.15) is 0 Å². The maximum Gasteiger partial charge on any atom is 0.313 e. The van der Waals surface area contributed by atoms with Gasteiger partial charge in [-0.2, -0.15) is 5.26 Å². The van der Waals surface area contributed by atoms with Crippen molar-refractivity contribution in [3.63, 3.8) is 0 Å². The number of esters is 1. The minimum absolute atomic E-state index is 0.0268. The van der Waals surface area contributed by atoms with Gasteiger partial charge in [-0.25, -0.2) is 0 Å². The first-order valence-corrected chi connectivity index (χ1v) is 9.19. The van der Waals surface area contributed by atoms with Crippen LogP contribution in [0.4, 0.5) is 5.88 Å². The van der Waals surface area contributed by atoms with Crippen molar-refractivity contribution in [2.75, 3.05) is 32.7 Å². The van der Waals surface area contributed by atoms with Crippen LogP contribution in [-0.4, -0.2) is 59.2 Å². The maximum atomic E-state index is 10.9. The lowest BCUT2D eigenvalue weighted by atomic mass is 9.88. The van der Waals surface area contributed by atoms with E-state index in [9.17, 15) is 9.59 Å². The molecule has 1 aromatic rings. The normalized spacial score (nSPS) is 11.2. The first-order valence-electron chi connectivity index (χ1n) is 9.19. The van der Waals surface area contributed by atoms with Gasteiger partial charge in [0, 0.05) is 16.9 Å². The molecule has 10 nitrogen and oxygen atoms in total. The van der Waals surface area contributed by atoms with Crippen molar-refractivity contribution in [3.8, 4) is 6.07 Å². The molecule has 0 amide bonds. The Balaban J connectivity index is 0. The van der Waals surface area contributed by atoms with Gasteiger partial charge in [0.15, 0.2) is 5.78 Å². The molecule has 1 heterocycles. The van der Waals surface area contributed by atoms with Gasteiger partial charge < -0.3 is 30.3 Å². The molecule has 0 radical (unpaired) electrons. The van der Waals surface area contributed by atoms with Gasteiger partial charge in [-0.15, -0.1) is 0 Å². The van der Waals surface area contributed by atoms with Crippen LogP contribution in [-0.2, 0) is 19.7 Å². The summed E-state index contributed by atoms with van der Waals surface area (Å²) in [6, 6.07) is 3.37. The van der Waals surface area contributed by atoms with Crippen molar-refractivity contribution >= 4 is 17.6 Å². The summed E-state index contributed by atoms with van der Waals surface area (Å²) in [5, 5.41) is 38.0. The number of Topliss-reactive ketones (excluding diaryl/α,β-unsaturated/α-hetero) is 1. The number of carbonyl (C=O) groups is 2. The molecule has 30 heavy (non-hydrogen) atoms. The van der Waals surface area contributed by atoms with E-state index in [4.69, 9.17) is 26.3 Å². The van der Waals surface area contributed by atoms with Crippen LogP contribution >= 0.6 is 0 Å². The number of hydrogen-bond donors (Lipinski definition) is 4. The van der Waals surface area contributed by atoms with Crippen LogP contribution in [0.15, 0.2) is 10.6 Å². The van der Waals surface area contributed by atoms with Crippen molar-refractivity contribution in [3.05, 3.63) is 11.8 Å². The summed E-state index contributed by atoms with van der Waals surface area (Å²) in [5.41, 5.74) is 4.11. The Morgan fingerprint density at radius 3 is 1.87 bits per heavy atom. The lowest BCUT2D eigenvalue weighted by Crippen LogP contribution is -2.29. The zero-order valence-corrected chi connectivity index (χ0v) is 18.9. The van der Waals surface area contributed by atoms with Crippen molar-refractivity contribution in [1.82, 2.24) is 5.16 Å². The van der Waals surface area contributed by atoms with Crippen LogP contribution in [0.3, 0.4) is 0 Å². The third-order valence-electron chi connectivity index (χ3n) is 4.14. The van der Waals surface area contributed by atoms with Crippen molar-refractivity contribution in [2.45, 2.75) is 53.4 Å². The third-order valence-corrected chi connectivity index (χ3v) is 4.14. The number of nitrogens with zero attached hydrogens (tertiary/aromatic N) is 2. The highest BCUT2D eigenvalue weighted by molar-refractivity contribution is 5.85. The van der Waals surface area contributed by atoms with Crippen LogP contribution < -0.4 is 5.73 Å². The number of aromatic nitrogens is 1. The predicted molar refractivity (Wildman–Crippen MR) is 110 cm³/mol. The van der Waals surface area contributed by atoms with E-state index in [0.29, 0.717) is 5.69 Å². The number of carbonyl (C=O) groups excluding carboxylic acids is 2. The fraction of sp³-hybridized carbons (Fsp3) is 0.700. The molecule has 5 N–H and O–H groups in total. The summed E-state index contributed by atoms with van der Waals surface area (Å²) >= 11 is 0. The lowest BCUT2D eigenvalue weighted by molar-refractivity contribution is -0.152. The zero-order chi connectivity index (χ0) is 24.2. The number of rotatable bonds is 7. The largest absolute Gasteiger partial charge is 0.469 e. The van der Waals surface area contributed by atoms with E-state index in [1.807, 2.05) is 13.8 Å². The molecule has 0 saturated heterocycles. The highest BCUT2D eigenvalue weighted by Crippen LogP contribution is 2.22. The lowest BCUT2D eigenvalue weighted by Gasteiger charge is -2.17. The molecule has 0 aliphatic carbocycles. The van der Waals surface area contributed by atoms with Gasteiger partial charge in [0.25, 0.3) is 0 Å². The van der Waals surface area contributed by atoms with E-state index in [-0.39, 0.29) is 49.3 Å². The zero-order valence-electron chi connectivity index (χ0n) is 18.9. The van der Waals surface area contributed by atoms with Crippen LogP contribution in [0, 0.1) is 22.2 Å². The predicted octanol–water partition coefficient (Wildman–Crippen LogP) is 1.19. The number of aliphatic hydroxyl groups is 3. The number of methoxy groups -OCH3 is 1. The molecule has 0 aliphatic rings. The summed E-state index contributed by atoms with van der Waals surface area (Å²) in [5.74, 6) is -0.316. The number of ketones is 1. The summed E-state index contributed by atoms with van der Waals surface area (Å²) in [6.45, 7) is 9.86. The van der Waals surface area contributed by atoms with Gasteiger partial charge in [0.05, 0.1) is 50.5 Å². The second-order valence-corrected chi connectivity index (χ2v) is 8.49. The minimum atomic E-state index is -0.755. The third kappa shape index (κ3) is 10.3. The highest BCUT2D eigenvalue weighted by atomic mass is 16.5. The minimum Gasteiger partial charge on any atom is -0.469 e. The van der Waals surface area contributed by atoms with Crippen molar-refractivity contribution in [1.29, 1.82) is 5.26 Å². The molecule has 1 rings (SSSR count). The SMILES string of the molecule is CC(C)(CO)C(=O)CC#N.CC(C)(CO)c1cc(N)on1.COC(=O)C(C)(C)CO. The number of ether oxygens (including phenoxy) is 1. The van der Waals surface area contributed by atoms with Gasteiger partial charge in [-0.1, -0.05) is 32.9 Å². The van der Waals surface area contributed by atoms with Crippen LogP contribution in [0.2, 0.25) is 0 Å². The van der Waals surface area contributed by atoms with E-state index in [1.165, 1.54) is 7.11 Å². The molecule has 0 fully saturated rings. The average molecular weight is 430 g/mol. The average Bonchev–Trinajstić information content (AvgIpc) is 3.15. The smallest absolute Gasteiger partial charge is 0.313 e. The fourth-order valence-corrected chi connectivity index (χ4v) is 1.43. The second kappa shape index (κ2) is 13.0. The number of anilines is 1. The van der Waals surface area contributed by atoms with Crippen LogP contribution in [0.25, 0.3) is 0 Å². The molecule has 0 unspecified atom stereocenters. The van der Waals surface area contributed by atoms with Crippen molar-refractivity contribution in [2.24, 2.45) is 10.8 Å². The second-order valence-electron chi connectivity index (χ2n) is 8.49. The van der Waals surface area contributed by atoms with Crippen LogP contribution in [0.1, 0.15) is 53.7 Å². The van der Waals surface area contributed by atoms with Gasteiger partial charge in [-0.3, -0.25) is 9.59 Å². The summed E-state index contributed by atoms with van der Waals surface area (Å²) in [6.07, 6.45) is -0.118. The molecule has 172 valence electrons. The number of aliphatic hydroxyl groups excluding tert-OH is 3. The van der Waals surface area contributed by atoms with E-state index in [2.05, 4.69) is 14.4 Å². The molecular weight excluding hydrogens is 394 g/mol. The van der Waals surface area contributed by atoms with Crippen LogP contribution in [0.5, 0.6) is 0 Å². The molecular formula is C20H35N3O7. The molecule has 0 aromatic carbocycles. The molecule has 10 heteroatoms. The van der Waals surface area contributed by atoms with Gasteiger partial charge in [0.2, 0.25) is 5.88 Å². The van der Waals surface area contributed by atoms with E-state index in [0.717, 1.165) is 0 Å². The maximum absolute atomic E-state index is 10.9. The molecule has 0 saturated carbocycles. The fourth-order valence-electron chi connectivity index (χ4n) is 1.43. The standard InChI is InChI=1S/C7H12N2O2.C7H11NO2.C6H12O3/c1-7(2,4-10)5-3-6(8)11-9-5;1-7(2,5-9)6(10)3-4-8;1-6(2,4-7)5(8)9-3/h3,10H,4,8H2,1-2H3;9H,3,5H2,1-2H3;7H,4H2,1-3H3. The Morgan fingerprint density at radius 2 is 1.60 bits per heavy atom. The molecule has 0 spiro atoms. The Kier molecular flexibility index (Phi) is 12.8. The molecule has 0 atom stereocenters. The first-order chi connectivity index (χ1) is 13.6. The van der Waals surface area contributed by atoms with E-state index >= 15 is 0 Å². The van der Waals surface area contributed by atoms with E-state index in [1.54, 1.807) is 39.8 Å². The quantitative estimate of drug-likeness (QED) is 0.460. The Hall–Kier alpha value is -2.48. The summed E-state index contributed by atoms with van der Waals surface area (Å²) in [7, 11) is 1.31. The molecule has 0 bridgehead atoms. The number of hydrogen-bond acceptors (Lipinski definition) is 10. The monoisotopic (exact) mass is 429 g/mol. The summed E-state index contributed by atoms with van der Waals surface area (Å²) < 4.78 is 9.08. The van der Waals surface area contributed by atoms with Gasteiger partial charge in [-0.05, 0) is 13.8 Å². The Morgan fingerprint density at radius 1 is 1.10 bits per heavy atom. The first kappa shape index (κ1) is 29.7. The number of nitriles is 1. The highest BCUT2D eigenvalue weighted by Gasteiger charge is 2.27. The number of nitrogens with two attached hydrogens (primary N) is 1. The topological polar surface area (TPSA) is 180 Å². The van der Waals surface area contributed by atoms with Crippen molar-refractivity contribution < 1.29 is 34.2 Å². The Labute approximate surface area is 177 Å². The Bertz CT molecular complexity index is 703. The van der Waals surface area contributed by atoms with E-state index < -0.39 is 10.8 Å². The number of nitrogen functional groups attached to an aromatic ring is 1. The molecule has 1 aromatic heterocycles. The molecule has 0 aliphatic heterocycles. The van der Waals surface area contributed by atoms with Gasteiger partial charge >= 0.3 is 5.97 Å². The summed E-state index contributed by atoms with van der Waals surface area (Å²) in [4.78, 5) is 21.6.